The average molecular weight is 315 g/mol. The Morgan fingerprint density at radius 1 is 1.43 bits per heavy atom. The molecule has 0 aliphatic carbocycles. The first-order chi connectivity index (χ1) is 9.78. The lowest BCUT2D eigenvalue weighted by atomic mass is 10.2. The van der Waals surface area contributed by atoms with Crippen molar-refractivity contribution in [3.63, 3.8) is 0 Å². The molecule has 2 N–H and O–H groups in total. The lowest BCUT2D eigenvalue weighted by molar-refractivity contribution is -0.141. The molecule has 1 amide bonds. The van der Waals surface area contributed by atoms with Gasteiger partial charge >= 0.3 is 12.1 Å². The second-order valence-corrected chi connectivity index (χ2v) is 6.27. The van der Waals surface area contributed by atoms with Crippen LogP contribution in [0.15, 0.2) is 16.8 Å². The molecule has 0 aliphatic rings. The number of carboxylic acids is 1. The molecule has 118 valence electrons. The molecule has 0 radical (unpaired) electrons. The van der Waals surface area contributed by atoms with Crippen LogP contribution in [-0.4, -0.2) is 42.0 Å². The minimum Gasteiger partial charge on any atom is -0.480 e. The van der Waals surface area contributed by atoms with Crippen molar-refractivity contribution in [2.24, 2.45) is 0 Å². The molecule has 7 heteroatoms. The van der Waals surface area contributed by atoms with Gasteiger partial charge in [0.1, 0.15) is 5.60 Å². The zero-order valence-electron chi connectivity index (χ0n) is 12.4. The first-order valence-electron chi connectivity index (χ1n) is 6.59. The van der Waals surface area contributed by atoms with E-state index in [0.29, 0.717) is 13.0 Å². The van der Waals surface area contributed by atoms with Gasteiger partial charge in [0.25, 0.3) is 0 Å². The van der Waals surface area contributed by atoms with Crippen LogP contribution in [0.1, 0.15) is 26.3 Å². The van der Waals surface area contributed by atoms with Crippen molar-refractivity contribution in [2.75, 3.05) is 13.2 Å². The van der Waals surface area contributed by atoms with E-state index in [1.807, 2.05) is 16.8 Å². The topological polar surface area (TPSA) is 84.9 Å². The lowest BCUT2D eigenvalue weighted by Gasteiger charge is -2.22. The summed E-state index contributed by atoms with van der Waals surface area (Å²) >= 11 is 1.60. The van der Waals surface area contributed by atoms with Gasteiger partial charge in [0, 0.05) is 0 Å². The summed E-state index contributed by atoms with van der Waals surface area (Å²) in [5.74, 6) is -1.16. The summed E-state index contributed by atoms with van der Waals surface area (Å²) < 4.78 is 10.3. The fraction of sp³-hybridized carbons (Fsp3) is 0.571. The number of carbonyl (C=O) groups excluding carboxylic acids is 1. The lowest BCUT2D eigenvalue weighted by Crippen LogP contribution is -2.46. The summed E-state index contributed by atoms with van der Waals surface area (Å²) in [5, 5.41) is 15.3. The highest BCUT2D eigenvalue weighted by Crippen LogP contribution is 2.08. The van der Waals surface area contributed by atoms with Crippen LogP contribution in [-0.2, 0) is 20.7 Å². The Morgan fingerprint density at radius 2 is 2.14 bits per heavy atom. The molecule has 1 atom stereocenters. The van der Waals surface area contributed by atoms with Crippen molar-refractivity contribution in [3.8, 4) is 0 Å². The molecule has 0 fully saturated rings. The van der Waals surface area contributed by atoms with E-state index in [4.69, 9.17) is 14.6 Å². The SMILES string of the molecule is CC(C)(C)OC(=O)N[C@H](COCCc1ccsc1)C(=O)O. The first-order valence-corrected chi connectivity index (χ1v) is 7.53. The summed E-state index contributed by atoms with van der Waals surface area (Å²) in [6.07, 6.45) is -0.0567. The van der Waals surface area contributed by atoms with E-state index in [0.717, 1.165) is 5.56 Å². The number of carbonyl (C=O) groups is 2. The Hall–Kier alpha value is -1.60. The number of thiophene rings is 1. The summed E-state index contributed by atoms with van der Waals surface area (Å²) in [6, 6.07) is 0.865. The minimum atomic E-state index is -1.16. The van der Waals surface area contributed by atoms with Crippen molar-refractivity contribution in [2.45, 2.75) is 38.8 Å². The molecule has 1 rings (SSSR count). The van der Waals surface area contributed by atoms with Gasteiger partial charge in [-0.2, -0.15) is 11.3 Å². The Kier molecular flexibility index (Phi) is 6.64. The second-order valence-electron chi connectivity index (χ2n) is 5.49. The molecule has 0 saturated heterocycles. The zero-order chi connectivity index (χ0) is 15.9. The number of hydrogen-bond acceptors (Lipinski definition) is 5. The fourth-order valence-corrected chi connectivity index (χ4v) is 2.15. The number of carboxylic acid groups (broad SMARTS) is 1. The summed E-state index contributed by atoms with van der Waals surface area (Å²) in [6.45, 7) is 5.42. The van der Waals surface area contributed by atoms with Crippen molar-refractivity contribution in [3.05, 3.63) is 22.4 Å². The molecular formula is C14H21NO5S. The third-order valence-corrected chi connectivity index (χ3v) is 3.12. The predicted octanol–water partition coefficient (Wildman–Crippen LogP) is 2.29. The maximum atomic E-state index is 11.5. The van der Waals surface area contributed by atoms with E-state index in [9.17, 15) is 9.59 Å². The summed E-state index contributed by atoms with van der Waals surface area (Å²) in [5.41, 5.74) is 0.472. The molecule has 1 aromatic heterocycles. The molecule has 0 bridgehead atoms. The van der Waals surface area contributed by atoms with Crippen LogP contribution in [0.25, 0.3) is 0 Å². The molecule has 0 aromatic carbocycles. The van der Waals surface area contributed by atoms with Gasteiger partial charge < -0.3 is 19.9 Å². The van der Waals surface area contributed by atoms with Crippen LogP contribution in [0.2, 0.25) is 0 Å². The fourth-order valence-electron chi connectivity index (χ4n) is 1.45. The second kappa shape index (κ2) is 7.99. The third-order valence-electron chi connectivity index (χ3n) is 2.39. The Morgan fingerprint density at radius 3 is 2.67 bits per heavy atom. The van der Waals surface area contributed by atoms with E-state index in [1.165, 1.54) is 0 Å². The Balaban J connectivity index is 2.32. The predicted molar refractivity (Wildman–Crippen MR) is 79.6 cm³/mol. The van der Waals surface area contributed by atoms with Gasteiger partial charge in [-0.25, -0.2) is 9.59 Å². The van der Waals surface area contributed by atoms with Gasteiger partial charge in [-0.05, 0) is 49.6 Å². The standard InChI is InChI=1S/C14H21NO5S/c1-14(2,3)20-13(18)15-11(12(16)17)8-19-6-4-10-5-7-21-9-10/h5,7,9,11H,4,6,8H2,1-3H3,(H,15,18)(H,16,17)/t11-/m1/s1. The number of nitrogens with one attached hydrogen (secondary N) is 1. The van der Waals surface area contributed by atoms with Crippen molar-refractivity contribution in [1.29, 1.82) is 0 Å². The van der Waals surface area contributed by atoms with E-state index >= 15 is 0 Å². The molecular weight excluding hydrogens is 294 g/mol. The van der Waals surface area contributed by atoms with Gasteiger partial charge in [0.15, 0.2) is 6.04 Å². The van der Waals surface area contributed by atoms with Gasteiger partial charge in [0.05, 0.1) is 13.2 Å². The van der Waals surface area contributed by atoms with Crippen LogP contribution in [0, 0.1) is 0 Å². The molecule has 0 aliphatic heterocycles. The Bertz CT molecular complexity index is 452. The van der Waals surface area contributed by atoms with E-state index in [1.54, 1.807) is 32.1 Å². The van der Waals surface area contributed by atoms with E-state index < -0.39 is 23.7 Å². The maximum absolute atomic E-state index is 11.5. The molecule has 0 saturated carbocycles. The average Bonchev–Trinajstić information content (AvgIpc) is 2.83. The van der Waals surface area contributed by atoms with Crippen molar-refractivity contribution in [1.82, 2.24) is 5.32 Å². The highest BCUT2D eigenvalue weighted by Gasteiger charge is 2.24. The number of aliphatic carboxylic acids is 1. The highest BCUT2D eigenvalue weighted by atomic mass is 32.1. The van der Waals surface area contributed by atoms with Crippen molar-refractivity contribution >= 4 is 23.4 Å². The smallest absolute Gasteiger partial charge is 0.408 e. The van der Waals surface area contributed by atoms with Gasteiger partial charge in [-0.15, -0.1) is 0 Å². The highest BCUT2D eigenvalue weighted by molar-refractivity contribution is 7.07. The third kappa shape index (κ3) is 7.67. The van der Waals surface area contributed by atoms with Gasteiger partial charge in [-0.3, -0.25) is 0 Å². The summed E-state index contributed by atoms with van der Waals surface area (Å²) in [4.78, 5) is 22.6. The first kappa shape index (κ1) is 17.5. The number of ether oxygens (including phenoxy) is 2. The normalized spacial score (nSPS) is 12.7. The summed E-state index contributed by atoms with van der Waals surface area (Å²) in [7, 11) is 0. The largest absolute Gasteiger partial charge is 0.480 e. The van der Waals surface area contributed by atoms with Crippen LogP contribution >= 0.6 is 11.3 Å². The van der Waals surface area contributed by atoms with E-state index in [2.05, 4.69) is 5.32 Å². The van der Waals surface area contributed by atoms with Crippen LogP contribution in [0.5, 0.6) is 0 Å². The monoisotopic (exact) mass is 315 g/mol. The van der Waals surface area contributed by atoms with Gasteiger partial charge in [-0.1, -0.05) is 0 Å². The number of amides is 1. The Labute approximate surface area is 128 Å². The van der Waals surface area contributed by atoms with E-state index in [-0.39, 0.29) is 6.61 Å². The zero-order valence-corrected chi connectivity index (χ0v) is 13.2. The molecule has 0 unspecified atom stereocenters. The number of hydrogen-bond donors (Lipinski definition) is 2. The van der Waals surface area contributed by atoms with Crippen LogP contribution < -0.4 is 5.32 Å². The quantitative estimate of drug-likeness (QED) is 0.754. The molecule has 0 spiro atoms. The molecule has 21 heavy (non-hydrogen) atoms. The van der Waals surface area contributed by atoms with Crippen LogP contribution in [0.3, 0.4) is 0 Å². The molecule has 1 aromatic rings. The molecule has 1 heterocycles. The van der Waals surface area contributed by atoms with Crippen molar-refractivity contribution < 1.29 is 24.2 Å². The maximum Gasteiger partial charge on any atom is 0.408 e. The number of alkyl carbamates (subject to hydrolysis) is 1. The number of rotatable bonds is 7. The van der Waals surface area contributed by atoms with Crippen LogP contribution in [0.4, 0.5) is 4.79 Å². The van der Waals surface area contributed by atoms with Gasteiger partial charge in [0.2, 0.25) is 0 Å². The minimum absolute atomic E-state index is 0.0985. The molecule has 6 nitrogen and oxygen atoms in total.